The molecule has 1 aliphatic rings. The van der Waals surface area contributed by atoms with E-state index in [0.29, 0.717) is 11.2 Å². The lowest BCUT2D eigenvalue weighted by atomic mass is 10.0. The molecule has 0 bridgehead atoms. The summed E-state index contributed by atoms with van der Waals surface area (Å²) in [5.74, 6) is -0.186. The minimum atomic E-state index is -0.186. The Kier molecular flexibility index (Phi) is 4.87. The van der Waals surface area contributed by atoms with Crippen molar-refractivity contribution in [2.75, 3.05) is 18.0 Å². The number of aryl methyl sites for hydroxylation is 2. The van der Waals surface area contributed by atoms with E-state index in [1.165, 1.54) is 12.1 Å². The monoisotopic (exact) mass is 336 g/mol. The van der Waals surface area contributed by atoms with Gasteiger partial charge in [0.2, 0.25) is 0 Å². The molecule has 2 heterocycles. The molecule has 1 aliphatic heterocycles. The van der Waals surface area contributed by atoms with Crippen LogP contribution in [0.1, 0.15) is 24.1 Å². The van der Waals surface area contributed by atoms with Crippen molar-refractivity contribution in [1.82, 2.24) is 15.1 Å². The fourth-order valence-electron chi connectivity index (χ4n) is 3.11. The number of nitrogens with one attached hydrogen (secondary N) is 1. The number of rotatable bonds is 4. The maximum Gasteiger partial charge on any atom is 0.131 e. The molecule has 0 spiro atoms. The van der Waals surface area contributed by atoms with Gasteiger partial charge in [-0.3, -0.25) is 4.68 Å². The van der Waals surface area contributed by atoms with Crippen molar-refractivity contribution in [2.24, 2.45) is 7.05 Å². The normalized spacial score (nSPS) is 16.1. The van der Waals surface area contributed by atoms with Gasteiger partial charge >= 0.3 is 0 Å². The molecule has 0 aliphatic carbocycles. The third-order valence-corrected chi connectivity index (χ3v) is 5.00. The summed E-state index contributed by atoms with van der Waals surface area (Å²) in [6, 6.07) is 7.21. The smallest absolute Gasteiger partial charge is 0.131 e. The number of aromatic nitrogens is 2. The first-order chi connectivity index (χ1) is 11.0. The van der Waals surface area contributed by atoms with E-state index in [9.17, 15) is 4.39 Å². The lowest BCUT2D eigenvalue weighted by molar-refractivity contribution is 0.413. The molecule has 1 fully saturated rings. The van der Waals surface area contributed by atoms with Crippen LogP contribution in [0.4, 0.5) is 10.1 Å². The lowest BCUT2D eigenvalue weighted by Crippen LogP contribution is -2.42. The van der Waals surface area contributed by atoms with Gasteiger partial charge in [0.25, 0.3) is 0 Å². The predicted molar refractivity (Wildman–Crippen MR) is 91.4 cm³/mol. The highest BCUT2D eigenvalue weighted by atomic mass is 35.5. The van der Waals surface area contributed by atoms with Gasteiger partial charge in [-0.1, -0.05) is 11.6 Å². The molecule has 0 radical (unpaired) electrons. The van der Waals surface area contributed by atoms with Crippen LogP contribution in [0.3, 0.4) is 0 Å². The van der Waals surface area contributed by atoms with Crippen molar-refractivity contribution in [3.8, 4) is 0 Å². The Hall–Kier alpha value is -1.59. The summed E-state index contributed by atoms with van der Waals surface area (Å²) in [5, 5.41) is 8.64. The molecule has 23 heavy (non-hydrogen) atoms. The first-order valence-corrected chi connectivity index (χ1v) is 8.34. The molecular formula is C17H22ClFN4. The molecule has 1 aromatic heterocycles. The third-order valence-electron chi connectivity index (χ3n) is 4.52. The van der Waals surface area contributed by atoms with Crippen LogP contribution in [-0.4, -0.2) is 28.9 Å². The van der Waals surface area contributed by atoms with Crippen molar-refractivity contribution in [1.29, 1.82) is 0 Å². The van der Waals surface area contributed by atoms with Crippen LogP contribution >= 0.6 is 11.6 Å². The van der Waals surface area contributed by atoms with Gasteiger partial charge in [0.1, 0.15) is 11.0 Å². The van der Waals surface area contributed by atoms with E-state index < -0.39 is 0 Å². The first kappa shape index (κ1) is 16.3. The fraction of sp³-hybridized carbons (Fsp3) is 0.471. The predicted octanol–water partition coefficient (Wildman–Crippen LogP) is 3.28. The van der Waals surface area contributed by atoms with Crippen molar-refractivity contribution < 1.29 is 4.39 Å². The SMILES string of the molecule is Cc1nn(C)c(Cl)c1CNC1CCN(c2ccc(F)cc2)CC1. The zero-order chi connectivity index (χ0) is 16.4. The van der Waals surface area contributed by atoms with Crippen LogP contribution in [0.5, 0.6) is 0 Å². The fourth-order valence-corrected chi connectivity index (χ4v) is 3.36. The average molecular weight is 337 g/mol. The van der Waals surface area contributed by atoms with Gasteiger partial charge in [-0.05, 0) is 44.0 Å². The van der Waals surface area contributed by atoms with Crippen molar-refractivity contribution in [2.45, 2.75) is 32.4 Å². The number of piperidine rings is 1. The lowest BCUT2D eigenvalue weighted by Gasteiger charge is -2.34. The number of halogens is 2. The Morgan fingerprint density at radius 2 is 1.91 bits per heavy atom. The topological polar surface area (TPSA) is 33.1 Å². The zero-order valence-corrected chi connectivity index (χ0v) is 14.3. The Balaban J connectivity index is 1.52. The Bertz CT molecular complexity index is 660. The molecule has 0 atom stereocenters. The largest absolute Gasteiger partial charge is 0.371 e. The van der Waals surface area contributed by atoms with Crippen LogP contribution in [-0.2, 0) is 13.6 Å². The molecule has 4 nitrogen and oxygen atoms in total. The van der Waals surface area contributed by atoms with Gasteiger partial charge in [-0.25, -0.2) is 4.39 Å². The second-order valence-electron chi connectivity index (χ2n) is 6.10. The summed E-state index contributed by atoms with van der Waals surface area (Å²) >= 11 is 6.27. The summed E-state index contributed by atoms with van der Waals surface area (Å²) in [6.45, 7) is 4.69. The molecule has 3 rings (SSSR count). The molecule has 2 aromatic rings. The molecule has 6 heteroatoms. The zero-order valence-electron chi connectivity index (χ0n) is 13.5. The summed E-state index contributed by atoms with van der Waals surface area (Å²) in [4.78, 5) is 2.31. The number of nitrogens with zero attached hydrogens (tertiary/aromatic N) is 3. The van der Waals surface area contributed by atoms with E-state index in [1.54, 1.807) is 4.68 Å². The molecule has 0 amide bonds. The first-order valence-electron chi connectivity index (χ1n) is 7.96. The van der Waals surface area contributed by atoms with Crippen molar-refractivity contribution in [3.05, 3.63) is 46.5 Å². The maximum absolute atomic E-state index is 13.0. The van der Waals surface area contributed by atoms with Gasteiger partial charge in [0, 0.05) is 44.0 Å². The van der Waals surface area contributed by atoms with Crippen LogP contribution in [0.2, 0.25) is 5.15 Å². The van der Waals surface area contributed by atoms with E-state index >= 15 is 0 Å². The third kappa shape index (κ3) is 3.67. The van der Waals surface area contributed by atoms with Gasteiger partial charge in [-0.2, -0.15) is 5.10 Å². The molecular weight excluding hydrogens is 315 g/mol. The van der Waals surface area contributed by atoms with Gasteiger partial charge in [0.05, 0.1) is 5.69 Å². The highest BCUT2D eigenvalue weighted by molar-refractivity contribution is 6.30. The van der Waals surface area contributed by atoms with Crippen molar-refractivity contribution >= 4 is 17.3 Å². The van der Waals surface area contributed by atoms with E-state index in [1.807, 2.05) is 26.1 Å². The summed E-state index contributed by atoms with van der Waals surface area (Å²) in [5.41, 5.74) is 3.15. The quantitative estimate of drug-likeness (QED) is 0.930. The summed E-state index contributed by atoms with van der Waals surface area (Å²) in [6.07, 6.45) is 2.13. The number of benzene rings is 1. The van der Waals surface area contributed by atoms with Crippen LogP contribution in [0, 0.1) is 12.7 Å². The van der Waals surface area contributed by atoms with Crippen molar-refractivity contribution in [3.63, 3.8) is 0 Å². The number of hydrogen-bond acceptors (Lipinski definition) is 3. The van der Waals surface area contributed by atoms with Gasteiger partial charge in [0.15, 0.2) is 0 Å². The minimum absolute atomic E-state index is 0.186. The molecule has 1 saturated heterocycles. The summed E-state index contributed by atoms with van der Waals surface area (Å²) < 4.78 is 14.7. The molecule has 1 aromatic carbocycles. The number of hydrogen-bond donors (Lipinski definition) is 1. The molecule has 0 saturated carbocycles. The van der Waals surface area contributed by atoms with E-state index in [-0.39, 0.29) is 5.82 Å². The van der Waals surface area contributed by atoms with E-state index in [0.717, 1.165) is 49.4 Å². The Morgan fingerprint density at radius 1 is 1.26 bits per heavy atom. The van der Waals surface area contributed by atoms with Gasteiger partial charge in [-0.15, -0.1) is 0 Å². The highest BCUT2D eigenvalue weighted by Gasteiger charge is 2.20. The molecule has 124 valence electrons. The number of anilines is 1. The van der Waals surface area contributed by atoms with Crippen LogP contribution in [0.25, 0.3) is 0 Å². The van der Waals surface area contributed by atoms with Gasteiger partial charge < -0.3 is 10.2 Å². The van der Waals surface area contributed by atoms with Crippen LogP contribution in [0.15, 0.2) is 24.3 Å². The molecule has 0 unspecified atom stereocenters. The second kappa shape index (κ2) is 6.89. The minimum Gasteiger partial charge on any atom is -0.371 e. The van der Waals surface area contributed by atoms with Crippen LogP contribution < -0.4 is 10.2 Å². The maximum atomic E-state index is 13.0. The average Bonchev–Trinajstić information content (AvgIpc) is 2.79. The second-order valence-corrected chi connectivity index (χ2v) is 6.46. The summed E-state index contributed by atoms with van der Waals surface area (Å²) in [7, 11) is 1.86. The molecule has 1 N–H and O–H groups in total. The Morgan fingerprint density at radius 3 is 2.48 bits per heavy atom. The highest BCUT2D eigenvalue weighted by Crippen LogP contribution is 2.22. The van der Waals surface area contributed by atoms with E-state index in [2.05, 4.69) is 15.3 Å². The standard InChI is InChI=1S/C17H22ClFN4/c1-12-16(17(18)22(2)21-12)11-20-14-7-9-23(10-8-14)15-5-3-13(19)4-6-15/h3-6,14,20H,7-11H2,1-2H3. The Labute approximate surface area is 141 Å². The van der Waals surface area contributed by atoms with E-state index in [4.69, 9.17) is 11.6 Å².